The highest BCUT2D eigenvalue weighted by molar-refractivity contribution is 7.92. The van der Waals surface area contributed by atoms with Gasteiger partial charge in [0.25, 0.3) is 0 Å². The molecule has 33 heavy (non-hydrogen) atoms. The normalized spacial score (nSPS) is 13.8. The maximum atomic E-state index is 12.9. The van der Waals surface area contributed by atoms with Crippen molar-refractivity contribution in [3.05, 3.63) is 42.5 Å². The van der Waals surface area contributed by atoms with E-state index in [-0.39, 0.29) is 5.13 Å². The van der Waals surface area contributed by atoms with Crippen LogP contribution >= 0.6 is 11.3 Å². The van der Waals surface area contributed by atoms with Crippen molar-refractivity contribution >= 4 is 38.1 Å². The zero-order valence-electron chi connectivity index (χ0n) is 18.1. The number of rotatable bonds is 7. The van der Waals surface area contributed by atoms with Crippen LogP contribution in [0.15, 0.2) is 42.5 Å². The molecule has 4 rings (SSSR count). The van der Waals surface area contributed by atoms with Crippen molar-refractivity contribution in [3.8, 4) is 27.8 Å². The summed E-state index contributed by atoms with van der Waals surface area (Å²) < 4.78 is 42.4. The predicted molar refractivity (Wildman–Crippen MR) is 125 cm³/mol. The molecule has 1 aliphatic rings. The van der Waals surface area contributed by atoms with E-state index in [2.05, 4.69) is 15.5 Å². The van der Waals surface area contributed by atoms with Crippen LogP contribution in [-0.2, 0) is 14.8 Å². The second-order valence-corrected chi connectivity index (χ2v) is 10.0. The lowest BCUT2D eigenvalue weighted by Crippen LogP contribution is -2.45. The number of sulfonamides is 1. The molecule has 0 saturated heterocycles. The minimum Gasteiger partial charge on any atom is -0.497 e. The van der Waals surface area contributed by atoms with Crippen LogP contribution in [0.2, 0.25) is 0 Å². The van der Waals surface area contributed by atoms with Gasteiger partial charge >= 0.3 is 0 Å². The number of benzene rings is 2. The molecule has 0 bridgehead atoms. The molecule has 1 amide bonds. The molecule has 1 atom stereocenters. The minimum atomic E-state index is -3.79. The Morgan fingerprint density at radius 1 is 1.12 bits per heavy atom. The lowest BCUT2D eigenvalue weighted by Gasteiger charge is -2.29. The van der Waals surface area contributed by atoms with Crippen LogP contribution in [0, 0.1) is 0 Å². The number of hydrogen-bond acceptors (Lipinski definition) is 9. The molecule has 1 unspecified atom stereocenters. The Balaban J connectivity index is 1.53. The van der Waals surface area contributed by atoms with Crippen molar-refractivity contribution < 1.29 is 27.4 Å². The van der Waals surface area contributed by atoms with Crippen molar-refractivity contribution in [2.45, 2.75) is 13.0 Å². The number of carbonyl (C=O) groups is 1. The summed E-state index contributed by atoms with van der Waals surface area (Å²) >= 11 is 1.18. The van der Waals surface area contributed by atoms with Gasteiger partial charge in [0.2, 0.25) is 21.1 Å². The number of nitrogens with one attached hydrogen (secondary N) is 1. The zero-order chi connectivity index (χ0) is 23.6. The van der Waals surface area contributed by atoms with Crippen molar-refractivity contribution in [2.24, 2.45) is 0 Å². The van der Waals surface area contributed by atoms with Crippen molar-refractivity contribution in [1.29, 1.82) is 0 Å². The van der Waals surface area contributed by atoms with Crippen molar-refractivity contribution in [1.82, 2.24) is 10.2 Å². The fourth-order valence-electron chi connectivity index (χ4n) is 3.31. The van der Waals surface area contributed by atoms with Crippen LogP contribution in [0.4, 0.5) is 10.8 Å². The Bertz CT molecular complexity index is 1260. The van der Waals surface area contributed by atoms with Gasteiger partial charge in [-0.1, -0.05) is 11.3 Å². The quantitative estimate of drug-likeness (QED) is 0.537. The Morgan fingerprint density at radius 2 is 1.82 bits per heavy atom. The summed E-state index contributed by atoms with van der Waals surface area (Å²) in [7, 11) is -2.21. The van der Waals surface area contributed by atoms with Gasteiger partial charge in [-0.05, 0) is 43.3 Å². The lowest BCUT2D eigenvalue weighted by molar-refractivity contribution is -0.116. The first-order valence-corrected chi connectivity index (χ1v) is 12.6. The number of nitrogens with zero attached hydrogens (tertiary/aromatic N) is 3. The largest absolute Gasteiger partial charge is 0.497 e. The van der Waals surface area contributed by atoms with E-state index in [1.165, 1.54) is 18.3 Å². The number of fused-ring (bicyclic) bond motifs is 1. The van der Waals surface area contributed by atoms with Crippen LogP contribution in [0.25, 0.3) is 10.6 Å². The first-order valence-electron chi connectivity index (χ1n) is 9.94. The van der Waals surface area contributed by atoms with E-state index < -0.39 is 22.0 Å². The third-order valence-electron chi connectivity index (χ3n) is 4.86. The van der Waals surface area contributed by atoms with Gasteiger partial charge in [0.1, 0.15) is 30.0 Å². The molecular formula is C21H22N4O6S2. The second-order valence-electron chi connectivity index (χ2n) is 7.19. The average molecular weight is 491 g/mol. The fourth-order valence-corrected chi connectivity index (χ4v) is 5.23. The van der Waals surface area contributed by atoms with E-state index in [4.69, 9.17) is 14.2 Å². The SMILES string of the molecule is COc1ccc(-c2nnc(NC(=O)C(C)N(c3ccc4c(c3)OCCO4)S(C)(=O)=O)s2)cc1. The van der Waals surface area contributed by atoms with E-state index in [0.29, 0.717) is 41.2 Å². The second kappa shape index (κ2) is 9.24. The molecule has 10 nitrogen and oxygen atoms in total. The molecule has 3 aromatic rings. The van der Waals surface area contributed by atoms with E-state index in [1.807, 2.05) is 12.1 Å². The Morgan fingerprint density at radius 3 is 2.48 bits per heavy atom. The molecule has 0 fully saturated rings. The summed E-state index contributed by atoms with van der Waals surface area (Å²) in [6, 6.07) is 11.0. The van der Waals surface area contributed by atoms with Gasteiger partial charge in [0, 0.05) is 11.6 Å². The third kappa shape index (κ3) is 5.01. The summed E-state index contributed by atoms with van der Waals surface area (Å²) in [6.45, 7) is 2.28. The molecule has 1 N–H and O–H groups in total. The summed E-state index contributed by atoms with van der Waals surface area (Å²) in [5, 5.41) is 11.6. The van der Waals surface area contributed by atoms with Crippen LogP contribution in [0.1, 0.15) is 6.92 Å². The van der Waals surface area contributed by atoms with Crippen LogP contribution < -0.4 is 23.8 Å². The van der Waals surface area contributed by atoms with E-state index in [9.17, 15) is 13.2 Å². The molecule has 2 aromatic carbocycles. The molecule has 2 heterocycles. The van der Waals surface area contributed by atoms with Crippen LogP contribution in [-0.4, -0.2) is 57.1 Å². The molecule has 0 radical (unpaired) electrons. The van der Waals surface area contributed by atoms with Crippen molar-refractivity contribution in [3.63, 3.8) is 0 Å². The number of ether oxygens (including phenoxy) is 3. The van der Waals surface area contributed by atoms with E-state index in [0.717, 1.165) is 16.1 Å². The fraction of sp³-hybridized carbons (Fsp3) is 0.286. The highest BCUT2D eigenvalue weighted by Crippen LogP contribution is 2.35. The van der Waals surface area contributed by atoms with Gasteiger partial charge < -0.3 is 14.2 Å². The monoisotopic (exact) mass is 490 g/mol. The lowest BCUT2D eigenvalue weighted by atomic mass is 10.2. The number of carbonyl (C=O) groups excluding carboxylic acids is 1. The predicted octanol–water partition coefficient (Wildman–Crippen LogP) is 2.78. The Hall–Kier alpha value is -3.38. The van der Waals surface area contributed by atoms with E-state index >= 15 is 0 Å². The summed E-state index contributed by atoms with van der Waals surface area (Å²) in [6.07, 6.45) is 1.04. The zero-order valence-corrected chi connectivity index (χ0v) is 19.8. The molecule has 0 spiro atoms. The highest BCUT2D eigenvalue weighted by Gasteiger charge is 2.31. The number of hydrogen-bond donors (Lipinski definition) is 1. The topological polar surface area (TPSA) is 120 Å². The number of anilines is 2. The minimum absolute atomic E-state index is 0.258. The Labute approximate surface area is 195 Å². The molecule has 174 valence electrons. The Kier molecular flexibility index (Phi) is 6.38. The molecule has 1 aromatic heterocycles. The van der Waals surface area contributed by atoms with Crippen LogP contribution in [0.5, 0.6) is 17.2 Å². The number of aromatic nitrogens is 2. The van der Waals surface area contributed by atoms with Gasteiger partial charge in [0.05, 0.1) is 19.1 Å². The molecule has 12 heteroatoms. The average Bonchev–Trinajstić information content (AvgIpc) is 3.26. The maximum absolute atomic E-state index is 12.9. The third-order valence-corrected chi connectivity index (χ3v) is 6.99. The first-order chi connectivity index (χ1) is 15.8. The van der Waals surface area contributed by atoms with Gasteiger partial charge in [0.15, 0.2) is 11.5 Å². The van der Waals surface area contributed by atoms with Gasteiger partial charge in [-0.2, -0.15) is 0 Å². The standard InChI is InChI=1S/C21H22N4O6S2/c1-13(25(33(3,27)28)15-6-9-17-18(12-15)31-11-10-30-17)19(26)22-21-24-23-20(32-21)14-4-7-16(29-2)8-5-14/h4-9,12-13H,10-11H2,1-3H3,(H,22,24,26). The molecule has 1 aliphatic heterocycles. The number of amides is 1. The number of methoxy groups -OCH3 is 1. The van der Waals surface area contributed by atoms with Crippen LogP contribution in [0.3, 0.4) is 0 Å². The summed E-state index contributed by atoms with van der Waals surface area (Å²) in [5.74, 6) is 1.11. The molecular weight excluding hydrogens is 468 g/mol. The smallest absolute Gasteiger partial charge is 0.249 e. The summed E-state index contributed by atoms with van der Waals surface area (Å²) in [5.41, 5.74) is 1.11. The van der Waals surface area contributed by atoms with E-state index in [1.54, 1.807) is 37.4 Å². The molecule has 0 aliphatic carbocycles. The highest BCUT2D eigenvalue weighted by atomic mass is 32.2. The summed E-state index contributed by atoms with van der Waals surface area (Å²) in [4.78, 5) is 12.9. The maximum Gasteiger partial charge on any atom is 0.249 e. The first kappa shape index (κ1) is 22.8. The van der Waals surface area contributed by atoms with Gasteiger partial charge in [-0.3, -0.25) is 14.4 Å². The van der Waals surface area contributed by atoms with Gasteiger partial charge in [-0.15, -0.1) is 10.2 Å². The van der Waals surface area contributed by atoms with Crippen molar-refractivity contribution in [2.75, 3.05) is 36.2 Å². The van der Waals surface area contributed by atoms with Gasteiger partial charge in [-0.25, -0.2) is 8.42 Å². The molecule has 0 saturated carbocycles.